The van der Waals surface area contributed by atoms with Crippen LogP contribution in [0.1, 0.15) is 169 Å². The normalized spacial score (nSPS) is 14.5. The number of carboxylic acids is 1. The molecule has 19 N–H and O–H groups in total. The molecule has 486 valence electrons. The summed E-state index contributed by atoms with van der Waals surface area (Å²) in [5.41, 5.74) is 17.1. The number of aliphatic carboxylic acids is 1. The van der Waals surface area contributed by atoms with Crippen molar-refractivity contribution in [3.05, 3.63) is 35.9 Å². The summed E-state index contributed by atoms with van der Waals surface area (Å²) in [6.45, 7) is 6.27. The highest BCUT2D eigenvalue weighted by molar-refractivity contribution is 5.98. The van der Waals surface area contributed by atoms with Crippen molar-refractivity contribution in [1.29, 1.82) is 0 Å². The molecule has 28 nitrogen and oxygen atoms in total. The first kappa shape index (κ1) is 76.7. The van der Waals surface area contributed by atoms with Crippen LogP contribution in [0.15, 0.2) is 30.3 Å². The standard InChI is InChI=1S/C58H99N13O15/c1-6-7-8-9-10-11-12-13-14-15-19-28-47(75)62-34-48(76)63-36(2)51(78)66-42(29-30-46(61)74)53(80)69-44(33-40-24-17-16-18-25-40)55(82)70-45(35-72)56(83)67-41(26-20-22-31-59)54(81)71-49(39(5)73)57(84)65-37(3)50(77)64-38(4)52(79)68-43(58(85)86)27-21-23-32-60/h16-18,24-25,36-39,41-45,49,72-73H,6-15,19-23,26-35,59-60H2,1-5H3,(H2,61,74)(H,62,75)(H,63,76)(H,64,77)(H,65,84)(H,66,78)(H,67,83)(H,68,79)(H,69,80)(H,70,82)(H,71,81)(H,85,86)/t36-,37-,38-,39+,41-,42-,43-,44-,45-,49-/m0/s1. The molecule has 10 atom stereocenters. The van der Waals surface area contributed by atoms with Gasteiger partial charge >= 0.3 is 5.97 Å². The van der Waals surface area contributed by atoms with Crippen LogP contribution in [0.4, 0.5) is 0 Å². The molecule has 0 aliphatic carbocycles. The van der Waals surface area contributed by atoms with Crippen LogP contribution in [-0.4, -0.2) is 173 Å². The number of unbranched alkanes of at least 4 members (excludes halogenated alkanes) is 12. The fourth-order valence-corrected chi connectivity index (χ4v) is 8.74. The minimum Gasteiger partial charge on any atom is -0.480 e. The average Bonchev–Trinajstić information content (AvgIpc) is 3.29. The smallest absolute Gasteiger partial charge is 0.326 e. The Morgan fingerprint density at radius 3 is 1.41 bits per heavy atom. The maximum absolute atomic E-state index is 14.1. The molecule has 28 heteroatoms. The van der Waals surface area contributed by atoms with E-state index in [1.165, 1.54) is 59.3 Å². The lowest BCUT2D eigenvalue weighted by atomic mass is 10.0. The number of amides is 11. The number of nitrogens with two attached hydrogens (primary N) is 3. The molecule has 0 radical (unpaired) electrons. The summed E-state index contributed by atoms with van der Waals surface area (Å²) in [7, 11) is 0. The van der Waals surface area contributed by atoms with E-state index in [1.54, 1.807) is 30.3 Å². The van der Waals surface area contributed by atoms with E-state index >= 15 is 0 Å². The SMILES string of the molecule is CCCCCCCCCCCCCC(=O)NCC(=O)N[C@@H](C)C(=O)N[C@@H](CCC(N)=O)C(=O)N[C@@H](Cc1ccccc1)C(=O)N[C@@H](CO)C(=O)N[C@@H](CCCCN)C(=O)N[C@H](C(=O)N[C@@H](C)C(=O)N[C@@H](C)C(=O)N[C@@H](CCCCN)C(=O)O)[C@@H](C)O. The molecule has 0 heterocycles. The summed E-state index contributed by atoms with van der Waals surface area (Å²) in [6, 6.07) is -4.88. The third-order valence-electron chi connectivity index (χ3n) is 14.0. The van der Waals surface area contributed by atoms with E-state index in [-0.39, 0.29) is 51.0 Å². The highest BCUT2D eigenvalue weighted by Gasteiger charge is 2.35. The van der Waals surface area contributed by atoms with Crippen molar-refractivity contribution in [2.24, 2.45) is 17.2 Å². The topological polar surface area (TPSA) is 464 Å². The Morgan fingerprint density at radius 1 is 0.453 bits per heavy atom. The average molecular weight is 1220 g/mol. The molecule has 11 amide bonds. The molecule has 86 heavy (non-hydrogen) atoms. The van der Waals surface area contributed by atoms with Crippen LogP contribution in [0.2, 0.25) is 0 Å². The van der Waals surface area contributed by atoms with Crippen molar-refractivity contribution in [2.75, 3.05) is 26.2 Å². The molecule has 1 aromatic rings. The monoisotopic (exact) mass is 1220 g/mol. The van der Waals surface area contributed by atoms with Gasteiger partial charge in [-0.25, -0.2) is 4.79 Å². The van der Waals surface area contributed by atoms with Gasteiger partial charge in [0.25, 0.3) is 0 Å². The van der Waals surface area contributed by atoms with E-state index in [0.717, 1.165) is 32.6 Å². The Labute approximate surface area is 504 Å². The largest absolute Gasteiger partial charge is 0.480 e. The second-order valence-electron chi connectivity index (χ2n) is 21.6. The molecule has 1 aromatic carbocycles. The molecular weight excluding hydrogens is 1120 g/mol. The van der Waals surface area contributed by atoms with Crippen LogP contribution in [-0.2, 0) is 64.0 Å². The number of carboxylic acid groups (broad SMARTS) is 1. The maximum Gasteiger partial charge on any atom is 0.326 e. The molecule has 0 aliphatic heterocycles. The molecule has 1 rings (SSSR count). The van der Waals surface area contributed by atoms with Crippen LogP contribution in [0.25, 0.3) is 0 Å². The third kappa shape index (κ3) is 32.8. The zero-order valence-electron chi connectivity index (χ0n) is 50.8. The Hall–Kier alpha value is -7.30. The first-order chi connectivity index (χ1) is 40.9. The van der Waals surface area contributed by atoms with E-state index in [0.29, 0.717) is 37.8 Å². The highest BCUT2D eigenvalue weighted by atomic mass is 16.4. The summed E-state index contributed by atoms with van der Waals surface area (Å²) >= 11 is 0. The van der Waals surface area contributed by atoms with Gasteiger partial charge in [-0.1, -0.05) is 101 Å². The number of aliphatic hydroxyl groups excluding tert-OH is 2. The number of nitrogens with one attached hydrogen (secondary N) is 10. The van der Waals surface area contributed by atoms with Gasteiger partial charge in [-0.3, -0.25) is 52.7 Å². The Balaban J connectivity index is 3.13. The van der Waals surface area contributed by atoms with Gasteiger partial charge < -0.3 is 85.7 Å². The number of carbonyl (C=O) groups is 12. The van der Waals surface area contributed by atoms with Gasteiger partial charge in [0.2, 0.25) is 65.0 Å². The Morgan fingerprint density at radius 2 is 0.884 bits per heavy atom. The fourth-order valence-electron chi connectivity index (χ4n) is 8.74. The van der Waals surface area contributed by atoms with Crippen molar-refractivity contribution in [2.45, 2.75) is 230 Å². The predicted molar refractivity (Wildman–Crippen MR) is 319 cm³/mol. The second kappa shape index (κ2) is 44.2. The van der Waals surface area contributed by atoms with E-state index in [4.69, 9.17) is 17.2 Å². The zero-order chi connectivity index (χ0) is 64.6. The first-order valence-corrected chi connectivity index (χ1v) is 30.1. The number of hydrogen-bond donors (Lipinski definition) is 16. The van der Waals surface area contributed by atoms with Crippen LogP contribution in [0.5, 0.6) is 0 Å². The summed E-state index contributed by atoms with van der Waals surface area (Å²) < 4.78 is 0. The molecule has 0 unspecified atom stereocenters. The Kier molecular flexibility index (Phi) is 39.4. The van der Waals surface area contributed by atoms with Crippen LogP contribution in [0, 0.1) is 0 Å². The lowest BCUT2D eigenvalue weighted by molar-refractivity contribution is -0.142. The van der Waals surface area contributed by atoms with E-state index in [9.17, 15) is 72.9 Å². The van der Waals surface area contributed by atoms with Gasteiger partial charge in [0, 0.05) is 19.3 Å². The van der Waals surface area contributed by atoms with Gasteiger partial charge in [-0.15, -0.1) is 0 Å². The number of carbonyl (C=O) groups excluding carboxylic acids is 11. The van der Waals surface area contributed by atoms with Gasteiger partial charge in [-0.05, 0) is 97.7 Å². The van der Waals surface area contributed by atoms with E-state index in [1.807, 2.05) is 0 Å². The highest BCUT2D eigenvalue weighted by Crippen LogP contribution is 2.13. The molecule has 0 aliphatic rings. The van der Waals surface area contributed by atoms with Crippen molar-refractivity contribution >= 4 is 70.9 Å². The maximum atomic E-state index is 14.1. The van der Waals surface area contributed by atoms with Crippen LogP contribution < -0.4 is 70.4 Å². The molecule has 0 fully saturated rings. The zero-order valence-corrected chi connectivity index (χ0v) is 50.8. The summed E-state index contributed by atoms with van der Waals surface area (Å²) in [5.74, 6) is -10.9. The van der Waals surface area contributed by atoms with Gasteiger partial charge in [0.1, 0.15) is 54.4 Å². The van der Waals surface area contributed by atoms with E-state index < -0.39 is 145 Å². The minimum atomic E-state index is -1.78. The fraction of sp³-hybridized carbons (Fsp3) is 0.690. The molecule has 0 bridgehead atoms. The number of primary amides is 1. The number of benzene rings is 1. The van der Waals surface area contributed by atoms with Gasteiger partial charge in [0.05, 0.1) is 19.3 Å². The number of rotatable bonds is 47. The molecule has 0 saturated carbocycles. The van der Waals surface area contributed by atoms with Crippen LogP contribution in [0.3, 0.4) is 0 Å². The first-order valence-electron chi connectivity index (χ1n) is 30.1. The van der Waals surface area contributed by atoms with Crippen molar-refractivity contribution < 1.29 is 72.9 Å². The van der Waals surface area contributed by atoms with Crippen molar-refractivity contribution in [3.8, 4) is 0 Å². The number of aliphatic hydroxyl groups is 2. The molecule has 0 saturated heterocycles. The van der Waals surface area contributed by atoms with Gasteiger partial charge in [0.15, 0.2) is 0 Å². The summed E-state index contributed by atoms with van der Waals surface area (Å²) in [5, 5.41) is 54.9. The third-order valence-corrected chi connectivity index (χ3v) is 14.0. The lowest BCUT2D eigenvalue weighted by Crippen LogP contribution is -2.62. The minimum absolute atomic E-state index is 0.0929. The van der Waals surface area contributed by atoms with Crippen LogP contribution >= 0.6 is 0 Å². The van der Waals surface area contributed by atoms with E-state index in [2.05, 4.69) is 60.1 Å². The molecular formula is C58H99N13O15. The second-order valence-corrected chi connectivity index (χ2v) is 21.6. The number of hydrogen-bond acceptors (Lipinski definition) is 16. The Bertz CT molecular complexity index is 2300. The summed E-state index contributed by atoms with van der Waals surface area (Å²) in [4.78, 5) is 158. The quantitative estimate of drug-likeness (QED) is 0.0329. The molecule has 0 aromatic heterocycles. The van der Waals surface area contributed by atoms with Crippen molar-refractivity contribution in [1.82, 2.24) is 53.2 Å². The van der Waals surface area contributed by atoms with Gasteiger partial charge in [-0.2, -0.15) is 0 Å². The summed E-state index contributed by atoms with van der Waals surface area (Å²) in [6.07, 6.45) is 11.5. The molecule has 0 spiro atoms. The lowest BCUT2D eigenvalue weighted by Gasteiger charge is -2.28. The predicted octanol–water partition coefficient (Wildman–Crippen LogP) is -1.55. The van der Waals surface area contributed by atoms with Crippen molar-refractivity contribution in [3.63, 3.8) is 0 Å².